The number of amidine groups is 1. The summed E-state index contributed by atoms with van der Waals surface area (Å²) >= 11 is 3.45. The number of methoxy groups -OCH3 is 1. The number of hydrogen-bond acceptors (Lipinski definition) is 9. The summed E-state index contributed by atoms with van der Waals surface area (Å²) in [6.45, 7) is 5.64. The molecule has 12 heteroatoms. The van der Waals surface area contributed by atoms with Gasteiger partial charge in [-0.15, -0.1) is 0 Å². The number of benzene rings is 1. The first-order chi connectivity index (χ1) is 16.6. The lowest BCUT2D eigenvalue weighted by atomic mass is 9.94. The van der Waals surface area contributed by atoms with Crippen LogP contribution in [0.15, 0.2) is 27.8 Å². The van der Waals surface area contributed by atoms with Crippen LogP contribution in [0.2, 0.25) is 0 Å². The van der Waals surface area contributed by atoms with Crippen LogP contribution < -0.4 is 11.1 Å². The van der Waals surface area contributed by atoms with Gasteiger partial charge in [-0.05, 0) is 38.5 Å². The highest BCUT2D eigenvalue weighted by Crippen LogP contribution is 2.39. The number of hydrogen-bond donors (Lipinski definition) is 2. The van der Waals surface area contributed by atoms with Gasteiger partial charge in [0.15, 0.2) is 17.9 Å². The van der Waals surface area contributed by atoms with Crippen LogP contribution >= 0.6 is 15.9 Å². The van der Waals surface area contributed by atoms with Crippen molar-refractivity contribution in [2.24, 2.45) is 5.16 Å². The number of aromatic nitrogens is 2. The molecule has 2 saturated heterocycles. The van der Waals surface area contributed by atoms with E-state index in [1.54, 1.807) is 13.2 Å². The van der Waals surface area contributed by atoms with E-state index in [9.17, 15) is 4.39 Å². The first kappa shape index (κ1) is 24.3. The van der Waals surface area contributed by atoms with E-state index < -0.39 is 18.2 Å². The minimum atomic E-state index is -0.742. The highest BCUT2D eigenvalue weighted by molar-refractivity contribution is 9.10. The van der Waals surface area contributed by atoms with Gasteiger partial charge in [0.2, 0.25) is 5.95 Å². The molecule has 0 radical (unpaired) electrons. The Morgan fingerprint density at radius 1 is 1.29 bits per heavy atom. The van der Waals surface area contributed by atoms with E-state index in [4.69, 9.17) is 29.5 Å². The average molecular weight is 552 g/mol. The van der Waals surface area contributed by atoms with Crippen LogP contribution in [0.5, 0.6) is 0 Å². The quantitative estimate of drug-likeness (QED) is 0.540. The SMILES string of the molecule is COC1O[C@H](CO/N=C2\N[C@@H](c3ccc(F)cc3Br)Cc3nc(N)nc(C)c32)[C@H]2OC(C)(C)O[C@@H]12. The summed E-state index contributed by atoms with van der Waals surface area (Å²) in [5, 5.41) is 7.76. The number of rotatable bonds is 5. The van der Waals surface area contributed by atoms with Gasteiger partial charge in [0.25, 0.3) is 0 Å². The number of nitrogens with one attached hydrogen (secondary N) is 1. The molecular formula is C23H27BrFN5O5. The number of nitrogens with two attached hydrogens (primary N) is 1. The largest absolute Gasteiger partial charge is 0.391 e. The summed E-state index contributed by atoms with van der Waals surface area (Å²) in [5.74, 6) is -0.445. The van der Waals surface area contributed by atoms with E-state index in [1.165, 1.54) is 12.1 Å². The zero-order valence-corrected chi connectivity index (χ0v) is 21.3. The molecule has 188 valence electrons. The van der Waals surface area contributed by atoms with Gasteiger partial charge < -0.3 is 34.8 Å². The lowest BCUT2D eigenvalue weighted by molar-refractivity contribution is -0.231. The minimum Gasteiger partial charge on any atom is -0.391 e. The monoisotopic (exact) mass is 551 g/mol. The van der Waals surface area contributed by atoms with E-state index in [0.29, 0.717) is 22.4 Å². The van der Waals surface area contributed by atoms with Crippen LogP contribution in [0.3, 0.4) is 0 Å². The Labute approximate surface area is 210 Å². The van der Waals surface area contributed by atoms with Crippen LogP contribution in [-0.2, 0) is 30.2 Å². The first-order valence-corrected chi connectivity index (χ1v) is 12.0. The Kier molecular flexibility index (Phi) is 6.43. The van der Waals surface area contributed by atoms with Gasteiger partial charge in [-0.2, -0.15) is 0 Å². The van der Waals surface area contributed by atoms with Crippen molar-refractivity contribution in [1.29, 1.82) is 0 Å². The second-order valence-electron chi connectivity index (χ2n) is 9.13. The molecule has 0 spiro atoms. The standard InChI is InChI=1S/C23H27BrFN5O5/c1-10-17-15(29-22(26)27-10)8-14(12-6-5-11(25)7-13(12)24)28-20(17)30-32-9-16-18-19(21(31-4)33-16)35-23(2,3)34-18/h5-7,14,16,18-19,21H,8-9H2,1-4H3,(H,28,30)(H2,26,27,29)/t14-,16-,18-,19-,21?/m1/s1. The van der Waals surface area contributed by atoms with Gasteiger partial charge in [-0.3, -0.25) is 0 Å². The Morgan fingerprint density at radius 3 is 2.80 bits per heavy atom. The zero-order valence-electron chi connectivity index (χ0n) is 19.7. The number of aryl methyl sites for hydroxylation is 1. The van der Waals surface area contributed by atoms with Gasteiger partial charge in [-0.1, -0.05) is 27.2 Å². The maximum absolute atomic E-state index is 13.7. The molecule has 2 aromatic rings. The van der Waals surface area contributed by atoms with Crippen LogP contribution in [0, 0.1) is 12.7 Å². The molecule has 1 unspecified atom stereocenters. The lowest BCUT2D eigenvalue weighted by Crippen LogP contribution is -2.38. The van der Waals surface area contributed by atoms with E-state index in [2.05, 4.69) is 36.4 Å². The van der Waals surface area contributed by atoms with Crippen LogP contribution in [-0.4, -0.2) is 59.9 Å². The number of fused-ring (bicyclic) bond motifs is 2. The molecule has 35 heavy (non-hydrogen) atoms. The summed E-state index contributed by atoms with van der Waals surface area (Å²) in [4.78, 5) is 14.5. The Hall–Kier alpha value is -2.38. The molecule has 4 heterocycles. The molecule has 0 amide bonds. The summed E-state index contributed by atoms with van der Waals surface area (Å²) in [5.41, 5.74) is 8.88. The van der Waals surface area contributed by atoms with Crippen molar-refractivity contribution in [2.75, 3.05) is 19.5 Å². The highest BCUT2D eigenvalue weighted by atomic mass is 79.9. The van der Waals surface area contributed by atoms with E-state index in [1.807, 2.05) is 20.8 Å². The molecule has 3 aliphatic heterocycles. The molecule has 5 rings (SSSR count). The van der Waals surface area contributed by atoms with Crippen molar-refractivity contribution >= 4 is 27.7 Å². The fourth-order valence-corrected chi connectivity index (χ4v) is 5.41. The number of oxime groups is 1. The Bertz CT molecular complexity index is 1170. The zero-order chi connectivity index (χ0) is 24.9. The van der Waals surface area contributed by atoms with Crippen LogP contribution in [0.1, 0.15) is 42.4 Å². The maximum Gasteiger partial charge on any atom is 0.220 e. The fraction of sp³-hybridized carbons (Fsp3) is 0.522. The van der Waals surface area contributed by atoms with Crippen molar-refractivity contribution in [1.82, 2.24) is 15.3 Å². The van der Waals surface area contributed by atoms with Crippen molar-refractivity contribution in [2.45, 2.75) is 63.6 Å². The summed E-state index contributed by atoms with van der Waals surface area (Å²) in [6, 6.07) is 4.31. The molecule has 3 aliphatic rings. The van der Waals surface area contributed by atoms with Crippen molar-refractivity contribution < 1.29 is 28.2 Å². The summed E-state index contributed by atoms with van der Waals surface area (Å²) in [7, 11) is 1.56. The lowest BCUT2D eigenvalue weighted by Gasteiger charge is -2.29. The van der Waals surface area contributed by atoms with Gasteiger partial charge in [0.1, 0.15) is 30.7 Å². The van der Waals surface area contributed by atoms with E-state index >= 15 is 0 Å². The molecule has 10 nitrogen and oxygen atoms in total. The van der Waals surface area contributed by atoms with Gasteiger partial charge in [0.05, 0.1) is 23.0 Å². The molecule has 5 atom stereocenters. The Morgan fingerprint density at radius 2 is 2.06 bits per heavy atom. The number of nitrogen functional groups attached to an aromatic ring is 1. The van der Waals surface area contributed by atoms with Crippen LogP contribution in [0.25, 0.3) is 0 Å². The number of halogens is 2. The summed E-state index contributed by atoms with van der Waals surface area (Å²) < 4.78 is 37.6. The van der Waals surface area contributed by atoms with Gasteiger partial charge in [-0.25, -0.2) is 14.4 Å². The smallest absolute Gasteiger partial charge is 0.220 e. The highest BCUT2D eigenvalue weighted by Gasteiger charge is 2.55. The number of nitrogens with zero attached hydrogens (tertiary/aromatic N) is 3. The molecule has 0 saturated carbocycles. The van der Waals surface area contributed by atoms with Crippen molar-refractivity contribution in [3.05, 3.63) is 51.0 Å². The predicted molar refractivity (Wildman–Crippen MR) is 127 cm³/mol. The first-order valence-electron chi connectivity index (χ1n) is 11.2. The Balaban J connectivity index is 1.39. The molecular weight excluding hydrogens is 525 g/mol. The molecule has 1 aromatic carbocycles. The molecule has 3 N–H and O–H groups in total. The average Bonchev–Trinajstić information content (AvgIpc) is 3.25. The van der Waals surface area contributed by atoms with Gasteiger partial charge >= 0.3 is 0 Å². The molecule has 1 aromatic heterocycles. The third-order valence-electron chi connectivity index (χ3n) is 6.20. The van der Waals surface area contributed by atoms with Crippen molar-refractivity contribution in [3.63, 3.8) is 0 Å². The second-order valence-corrected chi connectivity index (χ2v) is 9.99. The minimum absolute atomic E-state index is 0.112. The number of anilines is 1. The van der Waals surface area contributed by atoms with Crippen molar-refractivity contribution in [3.8, 4) is 0 Å². The second kappa shape index (κ2) is 9.25. The van der Waals surface area contributed by atoms with E-state index in [0.717, 1.165) is 16.8 Å². The molecule has 0 aliphatic carbocycles. The number of ether oxygens (including phenoxy) is 4. The molecule has 2 fully saturated rings. The predicted octanol–water partition coefficient (Wildman–Crippen LogP) is 2.73. The third-order valence-corrected chi connectivity index (χ3v) is 6.89. The van der Waals surface area contributed by atoms with Crippen LogP contribution in [0.4, 0.5) is 10.3 Å². The van der Waals surface area contributed by atoms with Gasteiger partial charge in [0, 0.05) is 18.0 Å². The fourth-order valence-electron chi connectivity index (χ4n) is 4.78. The topological polar surface area (TPSA) is 122 Å². The summed E-state index contributed by atoms with van der Waals surface area (Å²) in [6.07, 6.45) is -1.20. The maximum atomic E-state index is 13.7. The molecule has 0 bridgehead atoms. The van der Waals surface area contributed by atoms with E-state index in [-0.39, 0.29) is 36.6 Å². The third kappa shape index (κ3) is 4.73. The normalized spacial score (nSPS) is 30.1.